The number of ether oxygens (including phenoxy) is 2. The van der Waals surface area contributed by atoms with Gasteiger partial charge in [-0.2, -0.15) is 0 Å². The van der Waals surface area contributed by atoms with Crippen LogP contribution in [0.4, 0.5) is 5.82 Å². The van der Waals surface area contributed by atoms with E-state index in [1.54, 1.807) is 17.0 Å². The molecule has 3 aliphatic rings. The first-order valence-electron chi connectivity index (χ1n) is 14.2. The van der Waals surface area contributed by atoms with Gasteiger partial charge in [0.2, 0.25) is 0 Å². The molecule has 0 spiro atoms. The van der Waals surface area contributed by atoms with Gasteiger partial charge in [-0.25, -0.2) is 15.0 Å². The number of hydrogen-bond donors (Lipinski definition) is 5. The van der Waals surface area contributed by atoms with Crippen LogP contribution in [0.15, 0.2) is 78.9 Å². The molecular formula is C32H29N5O6. The molecule has 0 radical (unpaired) electrons. The quantitative estimate of drug-likeness (QED) is 0.200. The monoisotopic (exact) mass is 579 g/mol. The Labute approximate surface area is 245 Å². The second-order valence-corrected chi connectivity index (χ2v) is 11.3. The van der Waals surface area contributed by atoms with Gasteiger partial charge in [0, 0.05) is 12.0 Å². The minimum absolute atomic E-state index is 0.0109. The highest BCUT2D eigenvalue weighted by atomic mass is 16.6. The van der Waals surface area contributed by atoms with Gasteiger partial charge in [0.15, 0.2) is 11.5 Å². The lowest BCUT2D eigenvalue weighted by atomic mass is 9.74. The van der Waals surface area contributed by atoms with Crippen molar-refractivity contribution in [1.29, 1.82) is 0 Å². The van der Waals surface area contributed by atoms with Gasteiger partial charge in [-0.15, -0.1) is 0 Å². The summed E-state index contributed by atoms with van der Waals surface area (Å²) in [5, 5.41) is 48.8. The van der Waals surface area contributed by atoms with Crippen molar-refractivity contribution in [1.82, 2.24) is 19.5 Å². The number of benzene rings is 3. The van der Waals surface area contributed by atoms with Crippen molar-refractivity contribution in [2.45, 2.75) is 49.3 Å². The number of aliphatic hydroxyl groups is 4. The van der Waals surface area contributed by atoms with Gasteiger partial charge < -0.3 is 35.6 Å². The fourth-order valence-corrected chi connectivity index (χ4v) is 6.77. The highest BCUT2D eigenvalue weighted by molar-refractivity contribution is 6.10. The van der Waals surface area contributed by atoms with E-state index >= 15 is 0 Å². The Morgan fingerprint density at radius 3 is 2.63 bits per heavy atom. The van der Waals surface area contributed by atoms with Crippen LogP contribution in [0.5, 0.6) is 0 Å². The van der Waals surface area contributed by atoms with Crippen LogP contribution in [0.3, 0.4) is 0 Å². The molecule has 1 saturated heterocycles. The summed E-state index contributed by atoms with van der Waals surface area (Å²) < 4.78 is 13.8. The number of rotatable bonds is 4. The van der Waals surface area contributed by atoms with Crippen molar-refractivity contribution in [3.05, 3.63) is 90.0 Å². The smallest absolute Gasteiger partial charge is 0.167 e. The molecule has 0 amide bonds. The average molecular weight is 580 g/mol. The maximum Gasteiger partial charge on any atom is 0.167 e. The van der Waals surface area contributed by atoms with E-state index in [9.17, 15) is 20.4 Å². The van der Waals surface area contributed by atoms with Crippen molar-refractivity contribution in [3.8, 4) is 0 Å². The Morgan fingerprint density at radius 1 is 0.907 bits per heavy atom. The summed E-state index contributed by atoms with van der Waals surface area (Å²) in [5.41, 5.74) is 9.23. The van der Waals surface area contributed by atoms with Crippen LogP contribution in [-0.4, -0.2) is 77.1 Å². The first-order valence-corrected chi connectivity index (χ1v) is 14.2. The maximum atomic E-state index is 11.4. The molecule has 43 heavy (non-hydrogen) atoms. The fourth-order valence-electron chi connectivity index (χ4n) is 6.77. The summed E-state index contributed by atoms with van der Waals surface area (Å²) in [6, 6.07) is 16.0. The predicted molar refractivity (Wildman–Crippen MR) is 158 cm³/mol. The lowest BCUT2D eigenvalue weighted by Crippen LogP contribution is -2.42. The van der Waals surface area contributed by atoms with E-state index in [2.05, 4.69) is 15.0 Å². The largest absolute Gasteiger partial charge is 0.390 e. The van der Waals surface area contributed by atoms with Gasteiger partial charge in [-0.05, 0) is 38.2 Å². The highest BCUT2D eigenvalue weighted by Crippen LogP contribution is 2.46. The number of allylic oxidation sites excluding steroid dienone is 2. The third kappa shape index (κ3) is 4.01. The van der Waals surface area contributed by atoms with E-state index in [1.807, 2.05) is 54.6 Å². The van der Waals surface area contributed by atoms with E-state index in [0.29, 0.717) is 27.9 Å². The van der Waals surface area contributed by atoms with Crippen LogP contribution in [0, 0.1) is 0 Å². The van der Waals surface area contributed by atoms with Crippen LogP contribution in [0.2, 0.25) is 0 Å². The first kappa shape index (κ1) is 26.4. The van der Waals surface area contributed by atoms with E-state index in [-0.39, 0.29) is 18.8 Å². The average Bonchev–Trinajstić information content (AvgIpc) is 3.62. The number of imidazole rings is 1. The molecule has 1 aliphatic heterocycles. The number of aromatic nitrogens is 4. The number of nitrogens with two attached hydrogens (primary N) is 1. The Balaban J connectivity index is 1.04. The molecule has 2 aromatic heterocycles. The summed E-state index contributed by atoms with van der Waals surface area (Å²) in [6.45, 7) is -0.0109. The molecule has 3 heterocycles. The maximum absolute atomic E-state index is 11.4. The first-order chi connectivity index (χ1) is 20.9. The molecule has 5 aromatic rings. The van der Waals surface area contributed by atoms with Crippen LogP contribution in [0.25, 0.3) is 38.3 Å². The van der Waals surface area contributed by atoms with Gasteiger partial charge in [-0.1, -0.05) is 60.7 Å². The summed E-state index contributed by atoms with van der Waals surface area (Å²) >= 11 is 0. The van der Waals surface area contributed by atoms with Gasteiger partial charge in [0.1, 0.15) is 48.6 Å². The minimum atomic E-state index is -1.33. The van der Waals surface area contributed by atoms with E-state index in [1.165, 1.54) is 6.33 Å². The Morgan fingerprint density at radius 2 is 1.74 bits per heavy atom. The van der Waals surface area contributed by atoms with Crippen LogP contribution >= 0.6 is 0 Å². The second-order valence-electron chi connectivity index (χ2n) is 11.3. The number of aliphatic hydroxyl groups excluding tert-OH is 4. The Hall–Kier alpha value is -4.23. The zero-order valence-electron chi connectivity index (χ0n) is 22.9. The van der Waals surface area contributed by atoms with Crippen molar-refractivity contribution in [3.63, 3.8) is 0 Å². The summed E-state index contributed by atoms with van der Waals surface area (Å²) in [7, 11) is 0. The molecule has 1 fully saturated rings. The Kier molecular flexibility index (Phi) is 6.09. The predicted octanol–water partition coefficient (Wildman–Crippen LogP) is 2.54. The molecule has 7 atom stereocenters. The van der Waals surface area contributed by atoms with Crippen LogP contribution < -0.4 is 5.73 Å². The van der Waals surface area contributed by atoms with Crippen molar-refractivity contribution >= 4 is 44.1 Å². The molecule has 2 aliphatic carbocycles. The van der Waals surface area contributed by atoms with Crippen LogP contribution in [-0.2, 0) is 9.47 Å². The molecule has 6 N–H and O–H groups in total. The Bertz CT molecular complexity index is 1970. The number of anilines is 1. The second kappa shape index (κ2) is 9.91. The van der Waals surface area contributed by atoms with Crippen molar-refractivity contribution < 1.29 is 29.9 Å². The number of fused-ring (bicyclic) bond motifs is 7. The molecule has 218 valence electrons. The zero-order chi connectivity index (χ0) is 29.4. The molecule has 11 nitrogen and oxygen atoms in total. The topological polar surface area (TPSA) is 169 Å². The molecule has 3 aromatic carbocycles. The summed E-state index contributed by atoms with van der Waals surface area (Å²) in [6.07, 6.45) is 0.110. The third-order valence-corrected chi connectivity index (χ3v) is 8.92. The van der Waals surface area contributed by atoms with E-state index < -0.39 is 42.9 Å². The zero-order valence-corrected chi connectivity index (χ0v) is 22.9. The summed E-state index contributed by atoms with van der Waals surface area (Å²) in [5.74, 6) is 0.258. The normalized spacial score (nSPS) is 28.6. The fraction of sp³-hybridized carbons (Fsp3) is 0.281. The van der Waals surface area contributed by atoms with Crippen molar-refractivity contribution in [2.75, 3.05) is 12.3 Å². The summed E-state index contributed by atoms with van der Waals surface area (Å²) in [4.78, 5) is 12.5. The molecule has 0 bridgehead atoms. The van der Waals surface area contributed by atoms with E-state index in [4.69, 9.17) is 15.2 Å². The van der Waals surface area contributed by atoms with Gasteiger partial charge >= 0.3 is 0 Å². The van der Waals surface area contributed by atoms with Gasteiger partial charge in [0.25, 0.3) is 0 Å². The molecular weight excluding hydrogens is 550 g/mol. The van der Waals surface area contributed by atoms with E-state index in [0.717, 1.165) is 27.1 Å². The number of nitrogens with zero attached hydrogens (tertiary/aromatic N) is 4. The van der Waals surface area contributed by atoms with Crippen LogP contribution in [0.1, 0.15) is 29.9 Å². The number of nitrogen functional groups attached to an aromatic ring is 1. The van der Waals surface area contributed by atoms with Gasteiger partial charge in [0.05, 0.1) is 19.0 Å². The van der Waals surface area contributed by atoms with Gasteiger partial charge in [-0.3, -0.25) is 4.57 Å². The standard InChI is InChI=1S/C32H29N5O6/c33-31-27-32(35-13-34-31)37(14-36-27)24-11-21(38)23(43-24)12-42-22-10-9-20-19-8-7-17-16-4-2-1-3-15(16)5-6-18(17)25(19)29(40)30(41)26(20)28(22)39/h1-10,13-14,21-24,28-30,38-41H,11-12H2,(H2,33,34,35)/t21-,22-,23+,24+,28+,29+,30-/m0/s1. The molecule has 0 saturated carbocycles. The SMILES string of the molecule is Nc1ncnc2c1ncn2[C@H]1C[C@H](O)[C@@H](CO[C@H]2C=CC3=C([C@@H]2O)[C@H](O)[C@H](O)c2c3ccc3c2ccc2ccccc23)O1. The molecule has 11 heteroatoms. The minimum Gasteiger partial charge on any atom is -0.390 e. The third-order valence-electron chi connectivity index (χ3n) is 8.92. The lowest BCUT2D eigenvalue weighted by molar-refractivity contribution is -0.0901. The lowest BCUT2D eigenvalue weighted by Gasteiger charge is -2.38. The molecule has 8 rings (SSSR count). The number of hydrogen-bond acceptors (Lipinski definition) is 10. The highest BCUT2D eigenvalue weighted by Gasteiger charge is 2.42. The van der Waals surface area contributed by atoms with Crippen molar-refractivity contribution in [2.24, 2.45) is 0 Å². The molecule has 0 unspecified atom stereocenters.